The van der Waals surface area contributed by atoms with Crippen LogP contribution >= 0.6 is 11.8 Å². The molecule has 2 rings (SSSR count). The first-order chi connectivity index (χ1) is 7.67. The Balaban J connectivity index is 1.88. The van der Waals surface area contributed by atoms with Gasteiger partial charge in [0.2, 0.25) is 0 Å². The molecule has 3 heteroatoms. The highest BCUT2D eigenvalue weighted by molar-refractivity contribution is 8.13. The van der Waals surface area contributed by atoms with E-state index in [-0.39, 0.29) is 0 Å². The van der Waals surface area contributed by atoms with Gasteiger partial charge in [0, 0.05) is 11.3 Å². The van der Waals surface area contributed by atoms with Crippen LogP contribution in [-0.2, 0) is 0 Å². The first-order valence-electron chi connectivity index (χ1n) is 6.65. The summed E-state index contributed by atoms with van der Waals surface area (Å²) >= 11 is 1.91. The standard InChI is InChI=1S/C13H24N2S/c1-4-6-10-9-11(10)14-12-15-13(3,5-2)7-8-16-12/h10-11H,4-9H2,1-3H3,(H,14,15). The molecule has 16 heavy (non-hydrogen) atoms. The Morgan fingerprint density at radius 1 is 1.50 bits per heavy atom. The zero-order chi connectivity index (χ0) is 11.6. The third kappa shape index (κ3) is 2.93. The summed E-state index contributed by atoms with van der Waals surface area (Å²) in [6.07, 6.45) is 6.44. The van der Waals surface area contributed by atoms with Crippen LogP contribution in [0.4, 0.5) is 0 Å². The second-order valence-corrected chi connectivity index (χ2v) is 6.51. The third-order valence-corrected chi connectivity index (χ3v) is 4.80. The van der Waals surface area contributed by atoms with Gasteiger partial charge < -0.3 is 5.32 Å². The van der Waals surface area contributed by atoms with E-state index in [0.29, 0.717) is 11.6 Å². The van der Waals surface area contributed by atoms with Crippen LogP contribution in [0.15, 0.2) is 4.99 Å². The van der Waals surface area contributed by atoms with Crippen LogP contribution in [0.1, 0.15) is 52.9 Å². The number of amidine groups is 1. The first-order valence-corrected chi connectivity index (χ1v) is 7.64. The first kappa shape index (κ1) is 12.3. The van der Waals surface area contributed by atoms with Crippen LogP contribution in [0, 0.1) is 5.92 Å². The second-order valence-electron chi connectivity index (χ2n) is 5.42. The maximum atomic E-state index is 4.86. The van der Waals surface area contributed by atoms with Crippen LogP contribution in [0.2, 0.25) is 0 Å². The molecule has 2 nitrogen and oxygen atoms in total. The Bertz CT molecular complexity index is 277. The summed E-state index contributed by atoms with van der Waals surface area (Å²) < 4.78 is 0. The van der Waals surface area contributed by atoms with E-state index >= 15 is 0 Å². The minimum absolute atomic E-state index is 0.291. The zero-order valence-electron chi connectivity index (χ0n) is 10.8. The Kier molecular flexibility index (Phi) is 3.83. The van der Waals surface area contributed by atoms with Crippen molar-refractivity contribution in [2.45, 2.75) is 64.5 Å². The van der Waals surface area contributed by atoms with E-state index in [1.807, 2.05) is 11.8 Å². The van der Waals surface area contributed by atoms with Gasteiger partial charge in [-0.1, -0.05) is 32.0 Å². The molecule has 1 aliphatic carbocycles. The summed E-state index contributed by atoms with van der Waals surface area (Å²) in [5.74, 6) is 2.11. The number of hydrogen-bond acceptors (Lipinski definition) is 2. The van der Waals surface area contributed by atoms with Gasteiger partial charge in [-0.2, -0.15) is 0 Å². The van der Waals surface area contributed by atoms with Gasteiger partial charge in [0.05, 0.1) is 6.04 Å². The molecule has 1 aliphatic heterocycles. The minimum Gasteiger partial charge on any atom is -0.360 e. The molecule has 3 unspecified atom stereocenters. The average Bonchev–Trinajstić information content (AvgIpc) is 2.97. The largest absolute Gasteiger partial charge is 0.360 e. The van der Waals surface area contributed by atoms with E-state index in [1.165, 1.54) is 43.0 Å². The van der Waals surface area contributed by atoms with Gasteiger partial charge in [-0.3, -0.25) is 4.99 Å². The van der Waals surface area contributed by atoms with E-state index in [9.17, 15) is 0 Å². The molecule has 2 fully saturated rings. The fourth-order valence-electron chi connectivity index (χ4n) is 2.29. The molecule has 1 heterocycles. The molecule has 1 N–H and O–H groups in total. The number of aliphatic imine (C=N–C) groups is 1. The SMILES string of the molecule is CCCC1CC1N=C1NC(C)(CC)CCS1. The molecule has 2 aliphatic rings. The highest BCUT2D eigenvalue weighted by atomic mass is 32.2. The molecule has 0 bridgehead atoms. The Labute approximate surface area is 104 Å². The lowest BCUT2D eigenvalue weighted by atomic mass is 9.96. The predicted molar refractivity (Wildman–Crippen MR) is 73.1 cm³/mol. The number of thioether (sulfide) groups is 1. The molecular formula is C13H24N2S. The Hall–Kier alpha value is -0.180. The van der Waals surface area contributed by atoms with E-state index in [2.05, 4.69) is 26.1 Å². The monoisotopic (exact) mass is 240 g/mol. The zero-order valence-corrected chi connectivity index (χ0v) is 11.6. The van der Waals surface area contributed by atoms with Crippen molar-refractivity contribution in [2.24, 2.45) is 10.9 Å². The summed E-state index contributed by atoms with van der Waals surface area (Å²) in [6.45, 7) is 6.85. The summed E-state index contributed by atoms with van der Waals surface area (Å²) in [7, 11) is 0. The second kappa shape index (κ2) is 4.99. The molecule has 92 valence electrons. The van der Waals surface area contributed by atoms with Crippen LogP contribution < -0.4 is 5.32 Å². The molecule has 0 aromatic rings. The lowest BCUT2D eigenvalue weighted by Gasteiger charge is -2.35. The van der Waals surface area contributed by atoms with Crippen molar-refractivity contribution >= 4 is 16.9 Å². The maximum Gasteiger partial charge on any atom is 0.157 e. The van der Waals surface area contributed by atoms with E-state index in [1.54, 1.807) is 0 Å². The number of hydrogen-bond donors (Lipinski definition) is 1. The lowest BCUT2D eigenvalue weighted by Crippen LogP contribution is -2.48. The van der Waals surface area contributed by atoms with Crippen LogP contribution in [0.3, 0.4) is 0 Å². The number of nitrogens with one attached hydrogen (secondary N) is 1. The normalized spacial score (nSPS) is 40.8. The van der Waals surface area contributed by atoms with Crippen molar-refractivity contribution in [3.8, 4) is 0 Å². The van der Waals surface area contributed by atoms with Crippen LogP contribution in [0.25, 0.3) is 0 Å². The van der Waals surface area contributed by atoms with Crippen LogP contribution in [0.5, 0.6) is 0 Å². The molecule has 1 saturated carbocycles. The molecule has 0 aromatic heterocycles. The van der Waals surface area contributed by atoms with Crippen molar-refractivity contribution in [1.82, 2.24) is 5.32 Å². The Morgan fingerprint density at radius 3 is 3.00 bits per heavy atom. The van der Waals surface area contributed by atoms with Crippen molar-refractivity contribution in [2.75, 3.05) is 5.75 Å². The molecule has 3 atom stereocenters. The molecule has 1 saturated heterocycles. The van der Waals surface area contributed by atoms with E-state index < -0.39 is 0 Å². The highest BCUT2D eigenvalue weighted by Gasteiger charge is 2.37. The van der Waals surface area contributed by atoms with E-state index in [4.69, 9.17) is 4.99 Å². The summed E-state index contributed by atoms with van der Waals surface area (Å²) in [6, 6.07) is 0.633. The number of rotatable bonds is 4. The molecule has 0 amide bonds. The van der Waals surface area contributed by atoms with Crippen molar-refractivity contribution in [3.63, 3.8) is 0 Å². The van der Waals surface area contributed by atoms with Gasteiger partial charge >= 0.3 is 0 Å². The van der Waals surface area contributed by atoms with Gasteiger partial charge in [-0.05, 0) is 38.5 Å². The quantitative estimate of drug-likeness (QED) is 0.814. The highest BCUT2D eigenvalue weighted by Crippen LogP contribution is 2.38. The van der Waals surface area contributed by atoms with Gasteiger partial charge in [0.15, 0.2) is 5.17 Å². The van der Waals surface area contributed by atoms with E-state index in [0.717, 1.165) is 5.92 Å². The molecule has 0 aromatic carbocycles. The average molecular weight is 240 g/mol. The summed E-state index contributed by atoms with van der Waals surface area (Å²) in [5, 5.41) is 4.83. The van der Waals surface area contributed by atoms with Gasteiger partial charge in [0.1, 0.15) is 0 Å². The van der Waals surface area contributed by atoms with Crippen LogP contribution in [-0.4, -0.2) is 22.5 Å². The van der Waals surface area contributed by atoms with Gasteiger partial charge in [0.25, 0.3) is 0 Å². The van der Waals surface area contributed by atoms with Crippen molar-refractivity contribution in [1.29, 1.82) is 0 Å². The lowest BCUT2D eigenvalue weighted by molar-refractivity contribution is 0.389. The maximum absolute atomic E-state index is 4.86. The summed E-state index contributed by atoms with van der Waals surface area (Å²) in [4.78, 5) is 4.86. The molecule has 0 spiro atoms. The topological polar surface area (TPSA) is 24.4 Å². The smallest absolute Gasteiger partial charge is 0.157 e. The predicted octanol–water partition coefficient (Wildman–Crippen LogP) is 3.43. The fourth-order valence-corrected chi connectivity index (χ4v) is 3.56. The molecule has 0 radical (unpaired) electrons. The third-order valence-electron chi connectivity index (χ3n) is 3.91. The number of nitrogens with zero attached hydrogens (tertiary/aromatic N) is 1. The van der Waals surface area contributed by atoms with Gasteiger partial charge in [-0.25, -0.2) is 0 Å². The fraction of sp³-hybridized carbons (Fsp3) is 0.923. The molecular weight excluding hydrogens is 216 g/mol. The van der Waals surface area contributed by atoms with Gasteiger partial charge in [-0.15, -0.1) is 0 Å². The Morgan fingerprint density at radius 2 is 2.31 bits per heavy atom. The summed E-state index contributed by atoms with van der Waals surface area (Å²) in [5.41, 5.74) is 0.291. The van der Waals surface area contributed by atoms with Crippen molar-refractivity contribution in [3.05, 3.63) is 0 Å². The van der Waals surface area contributed by atoms with Crippen molar-refractivity contribution < 1.29 is 0 Å². The minimum atomic E-state index is 0.291.